The van der Waals surface area contributed by atoms with E-state index in [0.29, 0.717) is 24.6 Å². The monoisotopic (exact) mass is 577 g/mol. The topological polar surface area (TPSA) is 21.1 Å². The standard InChI is InChI=1S/C35H39F4N3/c1-2-3-21-42-32(33(28-15-9-5-10-16-28)40-34(42)29-17-11-6-12-18-29)25-41(23-26-13-7-4-8-14-26)24-27-19-20-31(36)30(22-27)35(37,38)39/h5-6,9-12,15-20,22,26H,2-4,7-8,13-14,21,23-25H2,1H3. The summed E-state index contributed by atoms with van der Waals surface area (Å²) in [7, 11) is 0. The summed E-state index contributed by atoms with van der Waals surface area (Å²) in [5.41, 5.74) is 3.25. The number of imidazole rings is 1. The first-order valence-electron chi connectivity index (χ1n) is 15.1. The molecular weight excluding hydrogens is 538 g/mol. The van der Waals surface area contributed by atoms with E-state index < -0.39 is 17.6 Å². The SMILES string of the molecule is CCCCn1c(-c2ccccc2)nc(-c2ccccc2)c1CN(Cc1ccc(F)c(C(F)(F)F)c1)CC1CCCCC1. The Balaban J connectivity index is 1.58. The minimum Gasteiger partial charge on any atom is -0.326 e. The molecule has 0 unspecified atom stereocenters. The molecular formula is C35H39F4N3. The normalized spacial score (nSPS) is 14.5. The Morgan fingerprint density at radius 2 is 1.52 bits per heavy atom. The van der Waals surface area contributed by atoms with Crippen LogP contribution in [0.4, 0.5) is 17.6 Å². The van der Waals surface area contributed by atoms with E-state index >= 15 is 0 Å². The molecule has 0 aliphatic heterocycles. The van der Waals surface area contributed by atoms with Crippen molar-refractivity contribution in [3.05, 3.63) is 102 Å². The molecule has 1 fully saturated rings. The molecule has 0 atom stereocenters. The van der Waals surface area contributed by atoms with Crippen LogP contribution in [0.5, 0.6) is 0 Å². The molecule has 0 saturated heterocycles. The molecule has 222 valence electrons. The molecule has 1 aromatic heterocycles. The summed E-state index contributed by atoms with van der Waals surface area (Å²) in [5, 5.41) is 0. The summed E-state index contributed by atoms with van der Waals surface area (Å²) in [6.07, 6.45) is 3.07. The number of hydrogen-bond acceptors (Lipinski definition) is 2. The predicted octanol–water partition coefficient (Wildman–Crippen LogP) is 9.76. The number of hydrogen-bond donors (Lipinski definition) is 0. The lowest BCUT2D eigenvalue weighted by molar-refractivity contribution is -0.140. The van der Waals surface area contributed by atoms with Gasteiger partial charge in [0.1, 0.15) is 11.6 Å². The van der Waals surface area contributed by atoms with Gasteiger partial charge in [0.15, 0.2) is 0 Å². The van der Waals surface area contributed by atoms with E-state index in [2.05, 4.69) is 40.7 Å². The van der Waals surface area contributed by atoms with Gasteiger partial charge in [-0.05, 0) is 42.9 Å². The molecule has 42 heavy (non-hydrogen) atoms. The number of halogens is 4. The lowest BCUT2D eigenvalue weighted by atomic mass is 9.88. The summed E-state index contributed by atoms with van der Waals surface area (Å²) in [5.74, 6) is 0.139. The van der Waals surface area contributed by atoms with Gasteiger partial charge in [-0.25, -0.2) is 9.37 Å². The van der Waals surface area contributed by atoms with E-state index in [1.165, 1.54) is 25.3 Å². The predicted molar refractivity (Wildman–Crippen MR) is 160 cm³/mol. The largest absolute Gasteiger partial charge is 0.419 e. The molecule has 1 heterocycles. The molecule has 0 N–H and O–H groups in total. The quantitative estimate of drug-likeness (QED) is 0.166. The number of rotatable bonds is 11. The maximum absolute atomic E-state index is 14.2. The van der Waals surface area contributed by atoms with E-state index in [1.807, 2.05) is 36.4 Å². The second kappa shape index (κ2) is 13.7. The second-order valence-electron chi connectivity index (χ2n) is 11.5. The minimum absolute atomic E-state index is 0.299. The van der Waals surface area contributed by atoms with Gasteiger partial charge in [0, 0.05) is 37.3 Å². The third kappa shape index (κ3) is 7.30. The average molecular weight is 578 g/mol. The van der Waals surface area contributed by atoms with Crippen molar-refractivity contribution in [1.29, 1.82) is 0 Å². The Morgan fingerprint density at radius 1 is 0.857 bits per heavy atom. The van der Waals surface area contributed by atoms with Gasteiger partial charge in [0.25, 0.3) is 0 Å². The summed E-state index contributed by atoms with van der Waals surface area (Å²) in [6, 6.07) is 23.7. The fourth-order valence-electron chi connectivity index (χ4n) is 6.12. The van der Waals surface area contributed by atoms with Crippen molar-refractivity contribution < 1.29 is 17.6 Å². The van der Waals surface area contributed by atoms with E-state index in [0.717, 1.165) is 79.2 Å². The second-order valence-corrected chi connectivity index (χ2v) is 11.5. The lowest BCUT2D eigenvalue weighted by Crippen LogP contribution is -2.31. The lowest BCUT2D eigenvalue weighted by Gasteiger charge is -2.30. The average Bonchev–Trinajstić information content (AvgIpc) is 3.35. The van der Waals surface area contributed by atoms with Crippen LogP contribution in [0.2, 0.25) is 0 Å². The van der Waals surface area contributed by atoms with E-state index in [9.17, 15) is 17.6 Å². The minimum atomic E-state index is -4.74. The van der Waals surface area contributed by atoms with Crippen LogP contribution in [0, 0.1) is 11.7 Å². The van der Waals surface area contributed by atoms with Crippen molar-refractivity contribution in [2.45, 2.75) is 77.7 Å². The van der Waals surface area contributed by atoms with Gasteiger partial charge in [0.05, 0.1) is 17.0 Å². The van der Waals surface area contributed by atoms with Gasteiger partial charge in [-0.2, -0.15) is 13.2 Å². The Bertz CT molecular complexity index is 1420. The van der Waals surface area contributed by atoms with Crippen molar-refractivity contribution in [2.75, 3.05) is 6.54 Å². The zero-order valence-electron chi connectivity index (χ0n) is 24.2. The van der Waals surface area contributed by atoms with Crippen LogP contribution in [0.1, 0.15) is 68.7 Å². The van der Waals surface area contributed by atoms with Gasteiger partial charge in [0.2, 0.25) is 0 Å². The van der Waals surface area contributed by atoms with E-state index in [-0.39, 0.29) is 0 Å². The first kappa shape index (κ1) is 30.0. The molecule has 4 aromatic rings. The van der Waals surface area contributed by atoms with Gasteiger partial charge >= 0.3 is 6.18 Å². The molecule has 1 saturated carbocycles. The molecule has 3 nitrogen and oxygen atoms in total. The van der Waals surface area contributed by atoms with Crippen molar-refractivity contribution in [3.8, 4) is 22.6 Å². The highest BCUT2D eigenvalue weighted by Gasteiger charge is 2.34. The fourth-order valence-corrected chi connectivity index (χ4v) is 6.12. The molecule has 3 aromatic carbocycles. The molecule has 0 amide bonds. The first-order chi connectivity index (χ1) is 20.3. The maximum Gasteiger partial charge on any atom is 0.419 e. The summed E-state index contributed by atoms with van der Waals surface area (Å²) in [4.78, 5) is 7.46. The zero-order chi connectivity index (χ0) is 29.5. The Kier molecular flexibility index (Phi) is 9.78. The third-order valence-electron chi connectivity index (χ3n) is 8.24. The fraction of sp³-hybridized carbons (Fsp3) is 0.400. The van der Waals surface area contributed by atoms with E-state index in [4.69, 9.17) is 4.98 Å². The number of benzene rings is 3. The summed E-state index contributed by atoms with van der Waals surface area (Å²) in [6.45, 7) is 4.56. The van der Waals surface area contributed by atoms with Gasteiger partial charge in [-0.15, -0.1) is 0 Å². The van der Waals surface area contributed by atoms with Crippen LogP contribution in [0.15, 0.2) is 78.9 Å². The smallest absolute Gasteiger partial charge is 0.326 e. The van der Waals surface area contributed by atoms with Crippen LogP contribution >= 0.6 is 0 Å². The van der Waals surface area contributed by atoms with Crippen LogP contribution in [0.3, 0.4) is 0 Å². The first-order valence-corrected chi connectivity index (χ1v) is 15.1. The summed E-state index contributed by atoms with van der Waals surface area (Å²) >= 11 is 0. The van der Waals surface area contributed by atoms with Gasteiger partial charge < -0.3 is 4.57 Å². The number of nitrogens with zero attached hydrogens (tertiary/aromatic N) is 3. The highest BCUT2D eigenvalue weighted by molar-refractivity contribution is 5.68. The molecule has 1 aliphatic rings. The number of alkyl halides is 3. The van der Waals surface area contributed by atoms with Crippen LogP contribution in [0.25, 0.3) is 22.6 Å². The van der Waals surface area contributed by atoms with E-state index in [1.54, 1.807) is 0 Å². The number of aromatic nitrogens is 2. The Labute approximate surface area is 246 Å². The van der Waals surface area contributed by atoms with Crippen molar-refractivity contribution in [3.63, 3.8) is 0 Å². The molecule has 7 heteroatoms. The molecule has 0 spiro atoms. The highest BCUT2D eigenvalue weighted by Crippen LogP contribution is 2.35. The van der Waals surface area contributed by atoms with Crippen molar-refractivity contribution in [2.24, 2.45) is 5.92 Å². The van der Waals surface area contributed by atoms with Crippen LogP contribution in [-0.2, 0) is 25.8 Å². The number of unbranched alkanes of at least 4 members (excludes halogenated alkanes) is 1. The highest BCUT2D eigenvalue weighted by atomic mass is 19.4. The zero-order valence-corrected chi connectivity index (χ0v) is 24.2. The molecule has 0 bridgehead atoms. The third-order valence-corrected chi connectivity index (χ3v) is 8.24. The van der Waals surface area contributed by atoms with Gasteiger partial charge in [-0.1, -0.05) is 99.3 Å². The van der Waals surface area contributed by atoms with Crippen molar-refractivity contribution in [1.82, 2.24) is 14.5 Å². The van der Waals surface area contributed by atoms with Crippen molar-refractivity contribution >= 4 is 0 Å². The maximum atomic E-state index is 14.2. The summed E-state index contributed by atoms with van der Waals surface area (Å²) < 4.78 is 57.2. The molecule has 0 radical (unpaired) electrons. The molecule has 1 aliphatic carbocycles. The Morgan fingerprint density at radius 3 is 2.17 bits per heavy atom. The van der Waals surface area contributed by atoms with Crippen LogP contribution < -0.4 is 0 Å². The van der Waals surface area contributed by atoms with Gasteiger partial charge in [-0.3, -0.25) is 4.90 Å². The van der Waals surface area contributed by atoms with Crippen LogP contribution in [-0.4, -0.2) is 21.0 Å². The molecule has 5 rings (SSSR count). The Hall–Kier alpha value is -3.45.